The monoisotopic (exact) mass is 249 g/mol. The molecule has 0 N–H and O–H groups in total. The molecule has 96 valence electrons. The number of hydrogen-bond acceptors (Lipinski definition) is 3. The van der Waals surface area contributed by atoms with E-state index >= 15 is 0 Å². The molecule has 0 saturated heterocycles. The van der Waals surface area contributed by atoms with Crippen molar-refractivity contribution in [3.63, 3.8) is 0 Å². The Labute approximate surface area is 97.7 Å². The van der Waals surface area contributed by atoms with Crippen LogP contribution in [-0.4, -0.2) is 33.9 Å². The number of hydrogen-bond donors (Lipinski definition) is 0. The van der Waals surface area contributed by atoms with Crippen LogP contribution in [0.4, 0.5) is 18.9 Å². The lowest BCUT2D eigenvalue weighted by Crippen LogP contribution is -2.40. The Morgan fingerprint density at radius 2 is 1.88 bits per heavy atom. The lowest BCUT2D eigenvalue weighted by atomic mass is 10.2. The van der Waals surface area contributed by atoms with Gasteiger partial charge in [0.25, 0.3) is 0 Å². The van der Waals surface area contributed by atoms with Gasteiger partial charge in [0.1, 0.15) is 18.3 Å². The summed E-state index contributed by atoms with van der Waals surface area (Å²) in [5, 5.41) is 0. The maximum Gasteiger partial charge on any atom is 0.240 e. The highest BCUT2D eigenvalue weighted by atomic mass is 19.1. The van der Waals surface area contributed by atoms with Crippen molar-refractivity contribution >= 4 is 5.69 Å². The molecule has 0 radical (unpaired) electrons. The number of benzene rings is 1. The van der Waals surface area contributed by atoms with Gasteiger partial charge < -0.3 is 14.4 Å². The Morgan fingerprint density at radius 3 is 2.35 bits per heavy atom. The van der Waals surface area contributed by atoms with Crippen LogP contribution in [0.1, 0.15) is 0 Å². The van der Waals surface area contributed by atoms with Gasteiger partial charge >= 0.3 is 0 Å². The average Bonchev–Trinajstić information content (AvgIpc) is 2.30. The van der Waals surface area contributed by atoms with E-state index in [1.165, 1.54) is 25.2 Å². The smallest absolute Gasteiger partial charge is 0.240 e. The van der Waals surface area contributed by atoms with Crippen molar-refractivity contribution in [1.29, 1.82) is 0 Å². The molecule has 0 atom stereocenters. The summed E-state index contributed by atoms with van der Waals surface area (Å²) >= 11 is 0. The molecule has 6 heteroatoms. The molecule has 0 aromatic heterocycles. The second-order valence-electron chi connectivity index (χ2n) is 3.26. The van der Waals surface area contributed by atoms with Crippen LogP contribution in [0, 0.1) is 11.6 Å². The Hall–Kier alpha value is -1.27. The first-order valence-electron chi connectivity index (χ1n) is 4.97. The van der Waals surface area contributed by atoms with Crippen molar-refractivity contribution in [2.45, 2.75) is 6.41 Å². The predicted octanol–water partition coefficient (Wildman–Crippen LogP) is 2.32. The van der Waals surface area contributed by atoms with Crippen molar-refractivity contribution in [2.24, 2.45) is 0 Å². The standard InChI is InChI=1S/C11H14F3NO2/c1-16-11(17-2)15(6-5-12)10-4-3-8(13)7-9(10)14/h3-4,7,11H,5-6H2,1-2H3. The first-order chi connectivity index (χ1) is 8.13. The molecule has 0 spiro atoms. The van der Waals surface area contributed by atoms with E-state index in [1.54, 1.807) is 0 Å². The molecular formula is C11H14F3NO2. The second-order valence-corrected chi connectivity index (χ2v) is 3.26. The molecule has 0 aliphatic rings. The highest BCUT2D eigenvalue weighted by Gasteiger charge is 2.21. The molecule has 1 aromatic carbocycles. The first kappa shape index (κ1) is 13.8. The maximum absolute atomic E-state index is 13.5. The van der Waals surface area contributed by atoms with Crippen molar-refractivity contribution in [1.82, 2.24) is 0 Å². The summed E-state index contributed by atoms with van der Waals surface area (Å²) in [5.41, 5.74) is 0.0257. The third kappa shape index (κ3) is 3.34. The highest BCUT2D eigenvalue weighted by Crippen LogP contribution is 2.22. The van der Waals surface area contributed by atoms with Crippen LogP contribution in [0.3, 0.4) is 0 Å². The summed E-state index contributed by atoms with van der Waals surface area (Å²) < 4.78 is 48.6. The van der Waals surface area contributed by atoms with Crippen molar-refractivity contribution in [3.05, 3.63) is 29.8 Å². The van der Waals surface area contributed by atoms with E-state index in [2.05, 4.69) is 0 Å². The number of methoxy groups -OCH3 is 2. The third-order valence-electron chi connectivity index (χ3n) is 2.20. The maximum atomic E-state index is 13.5. The molecule has 0 unspecified atom stereocenters. The van der Waals surface area contributed by atoms with Gasteiger partial charge in [-0.25, -0.2) is 13.2 Å². The summed E-state index contributed by atoms with van der Waals surface area (Å²) in [7, 11) is 2.70. The predicted molar refractivity (Wildman–Crippen MR) is 57.5 cm³/mol. The van der Waals surface area contributed by atoms with Gasteiger partial charge in [0.05, 0.1) is 12.2 Å². The van der Waals surface area contributed by atoms with Crippen LogP contribution in [0.2, 0.25) is 0 Å². The molecular weight excluding hydrogens is 235 g/mol. The summed E-state index contributed by atoms with van der Waals surface area (Å²) in [6, 6.07) is 3.03. The fraction of sp³-hybridized carbons (Fsp3) is 0.455. The quantitative estimate of drug-likeness (QED) is 0.722. The van der Waals surface area contributed by atoms with Gasteiger partial charge in [0, 0.05) is 20.3 Å². The molecule has 1 aromatic rings. The van der Waals surface area contributed by atoms with Gasteiger partial charge in [-0.1, -0.05) is 0 Å². The molecule has 0 saturated carbocycles. The Bertz CT molecular complexity index is 359. The van der Waals surface area contributed by atoms with Crippen molar-refractivity contribution in [2.75, 3.05) is 32.3 Å². The van der Waals surface area contributed by atoms with Gasteiger partial charge in [0.2, 0.25) is 6.41 Å². The fourth-order valence-corrected chi connectivity index (χ4v) is 1.50. The lowest BCUT2D eigenvalue weighted by Gasteiger charge is -2.30. The number of nitrogens with zero attached hydrogens (tertiary/aromatic N) is 1. The van der Waals surface area contributed by atoms with Gasteiger partial charge in [0.15, 0.2) is 0 Å². The molecule has 17 heavy (non-hydrogen) atoms. The molecule has 1 rings (SSSR count). The van der Waals surface area contributed by atoms with Gasteiger partial charge in [-0.15, -0.1) is 0 Å². The minimum absolute atomic E-state index is 0.0257. The Kier molecular flexibility index (Phi) is 5.24. The average molecular weight is 249 g/mol. The number of alkyl halides is 1. The lowest BCUT2D eigenvalue weighted by molar-refractivity contribution is -0.103. The van der Waals surface area contributed by atoms with E-state index in [9.17, 15) is 13.2 Å². The van der Waals surface area contributed by atoms with Crippen molar-refractivity contribution in [3.8, 4) is 0 Å². The minimum atomic E-state index is -0.925. The molecule has 0 fully saturated rings. The zero-order valence-electron chi connectivity index (χ0n) is 9.62. The number of anilines is 1. The number of halogens is 3. The van der Waals surface area contributed by atoms with E-state index in [-0.39, 0.29) is 12.2 Å². The van der Waals surface area contributed by atoms with Crippen molar-refractivity contribution < 1.29 is 22.6 Å². The summed E-state index contributed by atoms with van der Waals surface area (Å²) in [5.74, 6) is -1.49. The third-order valence-corrected chi connectivity index (χ3v) is 2.20. The van der Waals surface area contributed by atoms with E-state index in [0.717, 1.165) is 12.1 Å². The van der Waals surface area contributed by atoms with Crippen LogP contribution in [0.15, 0.2) is 18.2 Å². The molecule has 0 aliphatic heterocycles. The van der Waals surface area contributed by atoms with Crippen LogP contribution < -0.4 is 4.90 Å². The summed E-state index contributed by atoms with van der Waals surface area (Å²) in [6.45, 7) is -0.824. The molecule has 0 heterocycles. The van der Waals surface area contributed by atoms with Crippen LogP contribution >= 0.6 is 0 Å². The summed E-state index contributed by atoms with van der Waals surface area (Å²) in [6.07, 6.45) is -0.925. The molecule has 0 bridgehead atoms. The summed E-state index contributed by atoms with van der Waals surface area (Å²) in [4.78, 5) is 1.23. The van der Waals surface area contributed by atoms with E-state index in [4.69, 9.17) is 9.47 Å². The van der Waals surface area contributed by atoms with Crippen LogP contribution in [0.25, 0.3) is 0 Å². The van der Waals surface area contributed by atoms with Crippen LogP contribution in [0.5, 0.6) is 0 Å². The Balaban J connectivity index is 3.03. The zero-order chi connectivity index (χ0) is 12.8. The largest absolute Gasteiger partial charge is 0.339 e. The van der Waals surface area contributed by atoms with E-state index in [0.29, 0.717) is 0 Å². The number of rotatable bonds is 6. The fourth-order valence-electron chi connectivity index (χ4n) is 1.50. The van der Waals surface area contributed by atoms with Gasteiger partial charge in [-0.2, -0.15) is 0 Å². The molecule has 3 nitrogen and oxygen atoms in total. The van der Waals surface area contributed by atoms with Crippen LogP contribution in [-0.2, 0) is 9.47 Å². The molecule has 0 amide bonds. The van der Waals surface area contributed by atoms with Gasteiger partial charge in [-0.05, 0) is 12.1 Å². The number of ether oxygens (including phenoxy) is 2. The van der Waals surface area contributed by atoms with E-state index < -0.39 is 24.7 Å². The topological polar surface area (TPSA) is 21.7 Å². The van der Waals surface area contributed by atoms with Gasteiger partial charge in [-0.3, -0.25) is 0 Å². The normalized spacial score (nSPS) is 10.9. The van der Waals surface area contributed by atoms with E-state index in [1.807, 2.05) is 0 Å². The zero-order valence-corrected chi connectivity index (χ0v) is 9.62. The minimum Gasteiger partial charge on any atom is -0.339 e. The molecule has 0 aliphatic carbocycles. The SMILES string of the molecule is COC(OC)N(CCF)c1ccc(F)cc1F. The Morgan fingerprint density at radius 1 is 1.24 bits per heavy atom. The first-order valence-corrected chi connectivity index (χ1v) is 4.97. The highest BCUT2D eigenvalue weighted by molar-refractivity contribution is 5.48. The second kappa shape index (κ2) is 6.46.